The van der Waals surface area contributed by atoms with Gasteiger partial charge in [0.05, 0.1) is 4.47 Å². The first kappa shape index (κ1) is 8.62. The lowest BCUT2D eigenvalue weighted by Crippen LogP contribution is -1.94. The molecule has 0 aliphatic rings. The minimum Gasteiger partial charge on any atom is -0.269 e. The lowest BCUT2D eigenvalue weighted by molar-refractivity contribution is 0.816. The molecule has 0 aliphatic heterocycles. The number of fused-ring (bicyclic) bond motifs is 1. The average molecular weight is 241 g/mol. The van der Waals surface area contributed by atoms with Gasteiger partial charge in [-0.25, -0.2) is 4.98 Å². The van der Waals surface area contributed by atoms with Gasteiger partial charge in [0.1, 0.15) is 5.82 Å². The van der Waals surface area contributed by atoms with Crippen molar-refractivity contribution in [1.82, 2.24) is 19.6 Å². The normalized spacial score (nSPS) is 10.9. The summed E-state index contributed by atoms with van der Waals surface area (Å²) in [5.74, 6) is 1.62. The molecule has 13 heavy (non-hydrogen) atoms. The van der Waals surface area contributed by atoms with Crippen LogP contribution in [-0.4, -0.2) is 19.6 Å². The molecule has 2 aromatic heterocycles. The quantitative estimate of drug-likeness (QED) is 0.805. The third-order valence-electron chi connectivity index (χ3n) is 1.78. The molecule has 0 unspecified atom stereocenters. The van der Waals surface area contributed by atoms with Gasteiger partial charge in [-0.05, 0) is 22.4 Å². The van der Waals surface area contributed by atoms with Crippen LogP contribution >= 0.6 is 15.9 Å². The highest BCUT2D eigenvalue weighted by molar-refractivity contribution is 9.10. The van der Waals surface area contributed by atoms with E-state index in [0.29, 0.717) is 5.78 Å². The van der Waals surface area contributed by atoms with E-state index in [2.05, 4.69) is 38.0 Å². The Bertz CT molecular complexity index is 423. The summed E-state index contributed by atoms with van der Waals surface area (Å²) in [7, 11) is 0. The highest BCUT2D eigenvalue weighted by Gasteiger charge is 2.04. The van der Waals surface area contributed by atoms with Crippen molar-refractivity contribution in [1.29, 1.82) is 0 Å². The van der Waals surface area contributed by atoms with Crippen molar-refractivity contribution in [2.24, 2.45) is 0 Å². The first-order chi connectivity index (χ1) is 6.31. The molecule has 0 saturated heterocycles. The Morgan fingerprint density at radius 2 is 2.31 bits per heavy atom. The van der Waals surface area contributed by atoms with E-state index < -0.39 is 0 Å². The van der Waals surface area contributed by atoms with E-state index in [0.717, 1.165) is 23.1 Å². The van der Waals surface area contributed by atoms with E-state index in [9.17, 15) is 0 Å². The molecule has 2 aromatic rings. The van der Waals surface area contributed by atoms with E-state index in [4.69, 9.17) is 0 Å². The second-order valence-corrected chi connectivity index (χ2v) is 3.72. The largest absolute Gasteiger partial charge is 0.269 e. The Morgan fingerprint density at radius 1 is 1.46 bits per heavy atom. The first-order valence-electron chi connectivity index (χ1n) is 4.16. The minimum absolute atomic E-state index is 0.659. The highest BCUT2D eigenvalue weighted by Crippen LogP contribution is 2.10. The second-order valence-electron chi connectivity index (χ2n) is 2.81. The van der Waals surface area contributed by atoms with Crippen LogP contribution in [0.25, 0.3) is 5.78 Å². The van der Waals surface area contributed by atoms with Gasteiger partial charge in [-0.2, -0.15) is 0 Å². The summed E-state index contributed by atoms with van der Waals surface area (Å²) in [4.78, 5) is 4.13. The van der Waals surface area contributed by atoms with Crippen LogP contribution in [0.2, 0.25) is 0 Å². The Labute approximate surface area is 84.1 Å². The Kier molecular flexibility index (Phi) is 2.26. The second kappa shape index (κ2) is 3.41. The summed E-state index contributed by atoms with van der Waals surface area (Å²) in [6.45, 7) is 2.12. The molecular weight excluding hydrogens is 232 g/mol. The number of aryl methyl sites for hydroxylation is 1. The van der Waals surface area contributed by atoms with Gasteiger partial charge in [0.25, 0.3) is 5.78 Å². The summed E-state index contributed by atoms with van der Waals surface area (Å²) < 4.78 is 2.85. The molecular formula is C8H9BrN4. The predicted octanol–water partition coefficient (Wildman–Crippen LogP) is 1.84. The van der Waals surface area contributed by atoms with Gasteiger partial charge in [0.2, 0.25) is 0 Å². The van der Waals surface area contributed by atoms with Gasteiger partial charge in [-0.15, -0.1) is 10.2 Å². The summed E-state index contributed by atoms with van der Waals surface area (Å²) in [6.07, 6.45) is 5.65. The van der Waals surface area contributed by atoms with Crippen molar-refractivity contribution in [2.45, 2.75) is 19.8 Å². The molecule has 0 spiro atoms. The van der Waals surface area contributed by atoms with E-state index in [1.165, 1.54) is 0 Å². The van der Waals surface area contributed by atoms with Crippen LogP contribution in [0.3, 0.4) is 0 Å². The average Bonchev–Trinajstić information content (AvgIpc) is 2.49. The minimum atomic E-state index is 0.659. The van der Waals surface area contributed by atoms with Crippen molar-refractivity contribution >= 4 is 21.7 Å². The smallest absolute Gasteiger partial charge is 0.255 e. The van der Waals surface area contributed by atoms with Crippen LogP contribution in [0, 0.1) is 0 Å². The van der Waals surface area contributed by atoms with Gasteiger partial charge in [0, 0.05) is 18.8 Å². The number of halogens is 1. The third-order valence-corrected chi connectivity index (χ3v) is 2.19. The fourth-order valence-corrected chi connectivity index (χ4v) is 1.51. The van der Waals surface area contributed by atoms with Gasteiger partial charge in [-0.1, -0.05) is 6.92 Å². The van der Waals surface area contributed by atoms with Crippen molar-refractivity contribution in [3.63, 3.8) is 0 Å². The molecule has 2 rings (SSSR count). The van der Waals surface area contributed by atoms with E-state index in [1.807, 2.05) is 10.6 Å². The summed E-state index contributed by atoms with van der Waals surface area (Å²) in [6, 6.07) is 0. The molecule has 0 bridgehead atoms. The molecule has 0 atom stereocenters. The topological polar surface area (TPSA) is 43.1 Å². The molecule has 0 saturated carbocycles. The SMILES string of the molecule is CCCc1nnc2ncc(Br)cn12. The van der Waals surface area contributed by atoms with Crippen molar-refractivity contribution in [3.05, 3.63) is 22.7 Å². The lowest BCUT2D eigenvalue weighted by Gasteiger charge is -1.96. The Balaban J connectivity index is 2.58. The summed E-state index contributed by atoms with van der Waals surface area (Å²) >= 11 is 3.36. The number of nitrogens with zero attached hydrogens (tertiary/aromatic N) is 4. The summed E-state index contributed by atoms with van der Waals surface area (Å²) in [5, 5.41) is 8.02. The molecule has 0 aromatic carbocycles. The fourth-order valence-electron chi connectivity index (χ4n) is 1.20. The number of hydrogen-bond acceptors (Lipinski definition) is 3. The zero-order valence-corrected chi connectivity index (χ0v) is 8.82. The maximum Gasteiger partial charge on any atom is 0.255 e. The summed E-state index contributed by atoms with van der Waals surface area (Å²) in [5.41, 5.74) is 0. The monoisotopic (exact) mass is 240 g/mol. The van der Waals surface area contributed by atoms with Crippen LogP contribution < -0.4 is 0 Å². The zero-order chi connectivity index (χ0) is 9.26. The Hall–Kier alpha value is -0.970. The lowest BCUT2D eigenvalue weighted by atomic mass is 10.3. The van der Waals surface area contributed by atoms with Crippen LogP contribution in [0.4, 0.5) is 0 Å². The van der Waals surface area contributed by atoms with Crippen LogP contribution in [0.15, 0.2) is 16.9 Å². The maximum absolute atomic E-state index is 4.13. The van der Waals surface area contributed by atoms with E-state index in [1.54, 1.807) is 6.20 Å². The number of rotatable bonds is 2. The molecule has 4 nitrogen and oxygen atoms in total. The van der Waals surface area contributed by atoms with Crippen LogP contribution in [0.5, 0.6) is 0 Å². The van der Waals surface area contributed by atoms with Crippen molar-refractivity contribution < 1.29 is 0 Å². The first-order valence-corrected chi connectivity index (χ1v) is 4.95. The molecule has 0 N–H and O–H groups in total. The molecule has 2 heterocycles. The predicted molar refractivity (Wildman–Crippen MR) is 52.5 cm³/mol. The number of aromatic nitrogens is 4. The molecule has 0 aliphatic carbocycles. The highest BCUT2D eigenvalue weighted by atomic mass is 79.9. The third kappa shape index (κ3) is 1.56. The van der Waals surface area contributed by atoms with Crippen molar-refractivity contribution in [2.75, 3.05) is 0 Å². The Morgan fingerprint density at radius 3 is 3.08 bits per heavy atom. The molecule has 0 radical (unpaired) electrons. The fraction of sp³-hybridized carbons (Fsp3) is 0.375. The standard InChI is InChI=1S/C8H9BrN4/c1-2-3-7-11-12-8-10-4-6(9)5-13(7)8/h4-5H,2-3H2,1H3. The van der Waals surface area contributed by atoms with E-state index in [-0.39, 0.29) is 0 Å². The van der Waals surface area contributed by atoms with E-state index >= 15 is 0 Å². The van der Waals surface area contributed by atoms with Gasteiger partial charge >= 0.3 is 0 Å². The molecule has 5 heteroatoms. The van der Waals surface area contributed by atoms with Crippen molar-refractivity contribution in [3.8, 4) is 0 Å². The zero-order valence-electron chi connectivity index (χ0n) is 7.24. The number of hydrogen-bond donors (Lipinski definition) is 0. The maximum atomic E-state index is 4.13. The molecule has 0 fully saturated rings. The van der Waals surface area contributed by atoms with Gasteiger partial charge in [0.15, 0.2) is 0 Å². The van der Waals surface area contributed by atoms with Crippen LogP contribution in [-0.2, 0) is 6.42 Å². The molecule has 0 amide bonds. The van der Waals surface area contributed by atoms with Crippen LogP contribution in [0.1, 0.15) is 19.2 Å². The van der Waals surface area contributed by atoms with Gasteiger partial charge in [-0.3, -0.25) is 4.40 Å². The molecule has 68 valence electrons. The van der Waals surface area contributed by atoms with Gasteiger partial charge < -0.3 is 0 Å².